The number of hydrogen-bond acceptors (Lipinski definition) is 3. The van der Waals surface area contributed by atoms with Crippen LogP contribution in [0.3, 0.4) is 0 Å². The Balaban J connectivity index is 0.971. The first-order valence-corrected chi connectivity index (χ1v) is 25.3. The molecular weight excluding hydrogens is 901 g/mol. The quantitative estimate of drug-likeness (QED) is 0.111. The summed E-state index contributed by atoms with van der Waals surface area (Å²) in [7, 11) is 0. The fourth-order valence-electron chi connectivity index (χ4n) is 11.8. The van der Waals surface area contributed by atoms with Gasteiger partial charge in [0.05, 0.1) is 22.4 Å². The van der Waals surface area contributed by atoms with Gasteiger partial charge in [-0.3, -0.25) is 9.98 Å². The van der Waals surface area contributed by atoms with Crippen molar-refractivity contribution in [2.75, 3.05) is 0 Å². The largest absolute Gasteiger partial charge is 0.456 e. The van der Waals surface area contributed by atoms with Gasteiger partial charge < -0.3 is 13.6 Å². The summed E-state index contributed by atoms with van der Waals surface area (Å²) in [6.07, 6.45) is 7.10. The van der Waals surface area contributed by atoms with Gasteiger partial charge in [0.15, 0.2) is 0 Å². The highest BCUT2D eigenvalue weighted by molar-refractivity contribution is 6.25. The smallest absolute Gasteiger partial charge is 0.135 e. The molecule has 0 saturated carbocycles. The first-order chi connectivity index (χ1) is 36.6. The third-order valence-corrected chi connectivity index (χ3v) is 15.2. The minimum absolute atomic E-state index is 0.0381. The standard InChI is InChI=1S/C69H48N4O/c1-44-51-25-10-9-19-45(51)22-18-38-72(50-23-7-4-8-24-50)62-36-34-47(39-58(44)62)48-35-37-64-60(40-48)66-52(31-17-33-65(66)74-64)49-41-59-63(42-49)73(69-56-29-14-12-27-54(56)53-26-11-13-28-55(53)67(59)69)43-71-68(46-20-5-3-6-21-46)57-30-15-16-32-61(57)70-2/h3-42,49H,2,43H2,1H3/b38-18?,45-22?,51-44?,71-68-. The topological polar surface area (TPSA) is 47.7 Å². The van der Waals surface area contributed by atoms with Crippen molar-refractivity contribution >= 4 is 106 Å². The van der Waals surface area contributed by atoms with Crippen molar-refractivity contribution in [1.82, 2.24) is 9.13 Å². The third-order valence-electron chi connectivity index (χ3n) is 15.2. The molecule has 14 rings (SSSR count). The molecule has 350 valence electrons. The summed E-state index contributed by atoms with van der Waals surface area (Å²) in [6, 6.07) is 80.0. The predicted molar refractivity (Wildman–Crippen MR) is 311 cm³/mol. The molecule has 0 N–H and O–H groups in total. The number of aromatic nitrogens is 2. The van der Waals surface area contributed by atoms with Crippen LogP contribution in [0.25, 0.3) is 105 Å². The molecule has 5 nitrogen and oxygen atoms in total. The van der Waals surface area contributed by atoms with E-state index in [9.17, 15) is 0 Å². The maximum absolute atomic E-state index is 6.74. The van der Waals surface area contributed by atoms with Gasteiger partial charge in [0, 0.05) is 66.4 Å². The monoisotopic (exact) mass is 948 g/mol. The fourth-order valence-corrected chi connectivity index (χ4v) is 11.8. The van der Waals surface area contributed by atoms with Crippen LogP contribution in [0.2, 0.25) is 0 Å². The minimum Gasteiger partial charge on any atom is -0.456 e. The second-order valence-electron chi connectivity index (χ2n) is 19.3. The van der Waals surface area contributed by atoms with Crippen LogP contribution in [-0.2, 0) is 6.67 Å². The Morgan fingerprint density at radius 1 is 0.541 bits per heavy atom. The molecule has 13 aromatic rings. The van der Waals surface area contributed by atoms with Gasteiger partial charge in [0.25, 0.3) is 0 Å². The van der Waals surface area contributed by atoms with Gasteiger partial charge in [-0.05, 0) is 123 Å². The van der Waals surface area contributed by atoms with Gasteiger partial charge in [-0.15, -0.1) is 0 Å². The van der Waals surface area contributed by atoms with E-state index < -0.39 is 0 Å². The van der Waals surface area contributed by atoms with Crippen LogP contribution in [0.4, 0.5) is 5.69 Å². The zero-order chi connectivity index (χ0) is 49.3. The molecule has 0 bridgehead atoms. The van der Waals surface area contributed by atoms with Crippen molar-refractivity contribution in [3.63, 3.8) is 0 Å². The number of fused-ring (bicyclic) bond motifs is 13. The molecule has 0 fully saturated rings. The molecule has 3 aromatic heterocycles. The second kappa shape index (κ2) is 17.6. The Kier molecular flexibility index (Phi) is 10.3. The predicted octanol–water partition coefficient (Wildman–Crippen LogP) is 16.2. The highest BCUT2D eigenvalue weighted by Crippen LogP contribution is 2.41. The number of aliphatic imine (C=N–C) groups is 2. The van der Waals surface area contributed by atoms with Crippen molar-refractivity contribution in [1.29, 1.82) is 0 Å². The molecule has 1 aliphatic carbocycles. The lowest BCUT2D eigenvalue weighted by atomic mass is 9.93. The van der Waals surface area contributed by atoms with E-state index in [1.54, 1.807) is 0 Å². The maximum Gasteiger partial charge on any atom is 0.135 e. The molecule has 0 aliphatic heterocycles. The number of aryl methyl sites for hydroxylation is 1. The Morgan fingerprint density at radius 2 is 1.20 bits per heavy atom. The summed E-state index contributed by atoms with van der Waals surface area (Å²) in [5, 5.41) is 14.4. The Bertz CT molecular complexity index is 4670. The van der Waals surface area contributed by atoms with Crippen LogP contribution >= 0.6 is 0 Å². The van der Waals surface area contributed by atoms with Crippen molar-refractivity contribution in [2.45, 2.75) is 19.5 Å². The van der Waals surface area contributed by atoms with E-state index in [2.05, 4.69) is 246 Å². The Hall–Kier alpha value is -9.58. The normalized spacial score (nSPS) is 13.5. The van der Waals surface area contributed by atoms with E-state index in [4.69, 9.17) is 9.41 Å². The Morgan fingerprint density at radius 3 is 2.01 bits per heavy atom. The summed E-state index contributed by atoms with van der Waals surface area (Å²) < 4.78 is 11.5. The van der Waals surface area contributed by atoms with Crippen LogP contribution in [0.5, 0.6) is 0 Å². The highest BCUT2D eigenvalue weighted by atomic mass is 16.3. The summed E-state index contributed by atoms with van der Waals surface area (Å²) in [5.41, 5.74) is 13.5. The van der Waals surface area contributed by atoms with Gasteiger partial charge in [-0.25, -0.2) is 0 Å². The van der Waals surface area contributed by atoms with E-state index in [0.29, 0.717) is 6.67 Å². The summed E-state index contributed by atoms with van der Waals surface area (Å²) in [5.74, 6) is -0.0381. The number of furan rings is 1. The highest BCUT2D eigenvalue weighted by Gasteiger charge is 2.24. The molecule has 0 spiro atoms. The SMILES string of the molecule is C=Nc1ccccc1/C(=N\Cn1c2c(c3c4ccccc4c4ccccc4c31)=CC(c1cccc3oc4ccc(-c5ccc6c(c5)c(C)c5ccccc5cccn6-c5ccccc5)cc4c13)C=2)c1ccccc1. The van der Waals surface area contributed by atoms with E-state index in [1.165, 1.54) is 65.0 Å². The number of para-hydroxylation sites is 2. The summed E-state index contributed by atoms with van der Waals surface area (Å²) >= 11 is 0. The lowest BCUT2D eigenvalue weighted by molar-refractivity contribution is 0.668. The molecule has 0 amide bonds. The van der Waals surface area contributed by atoms with Gasteiger partial charge in [-0.2, -0.15) is 0 Å². The van der Waals surface area contributed by atoms with Crippen molar-refractivity contribution in [3.8, 4) is 16.8 Å². The summed E-state index contributed by atoms with van der Waals surface area (Å²) in [6.45, 7) is 6.58. The molecule has 1 atom stereocenters. The minimum atomic E-state index is -0.0381. The molecule has 1 aliphatic rings. The lowest BCUT2D eigenvalue weighted by Crippen LogP contribution is -2.26. The number of nitrogens with zero attached hydrogens (tertiary/aromatic N) is 4. The van der Waals surface area contributed by atoms with Crippen LogP contribution in [0, 0.1) is 6.92 Å². The number of hydrogen-bond donors (Lipinski definition) is 0. The van der Waals surface area contributed by atoms with Crippen LogP contribution in [0.1, 0.15) is 28.2 Å². The van der Waals surface area contributed by atoms with Gasteiger partial charge in [0.1, 0.15) is 17.8 Å². The van der Waals surface area contributed by atoms with E-state index >= 15 is 0 Å². The molecule has 5 heteroatoms. The first kappa shape index (κ1) is 43.2. The molecule has 1 unspecified atom stereocenters. The van der Waals surface area contributed by atoms with Crippen LogP contribution in [0.15, 0.2) is 245 Å². The van der Waals surface area contributed by atoms with Gasteiger partial charge >= 0.3 is 0 Å². The first-order valence-electron chi connectivity index (χ1n) is 25.3. The number of benzene rings is 10. The lowest BCUT2D eigenvalue weighted by Gasteiger charge is -2.14. The van der Waals surface area contributed by atoms with Crippen molar-refractivity contribution in [3.05, 3.63) is 263 Å². The molecule has 0 saturated heterocycles. The van der Waals surface area contributed by atoms with E-state index in [0.717, 1.165) is 72.1 Å². The van der Waals surface area contributed by atoms with Crippen LogP contribution in [-0.4, -0.2) is 21.6 Å². The zero-order valence-electron chi connectivity index (χ0n) is 40.8. The average molecular weight is 949 g/mol. The molecular formula is C69H48N4O. The maximum atomic E-state index is 6.74. The van der Waals surface area contributed by atoms with E-state index in [-0.39, 0.29) is 5.92 Å². The van der Waals surface area contributed by atoms with Crippen molar-refractivity contribution < 1.29 is 4.42 Å². The third kappa shape index (κ3) is 7.00. The second-order valence-corrected chi connectivity index (χ2v) is 19.3. The zero-order valence-corrected chi connectivity index (χ0v) is 40.8. The van der Waals surface area contributed by atoms with Gasteiger partial charge in [0.2, 0.25) is 0 Å². The van der Waals surface area contributed by atoms with E-state index in [1.807, 2.05) is 24.3 Å². The summed E-state index contributed by atoms with van der Waals surface area (Å²) in [4.78, 5) is 10.00. The van der Waals surface area contributed by atoms with Crippen molar-refractivity contribution in [2.24, 2.45) is 9.98 Å². The van der Waals surface area contributed by atoms with Crippen LogP contribution < -0.4 is 10.6 Å². The fraction of sp³-hybridized carbons (Fsp3) is 0.0435. The molecule has 3 heterocycles. The molecule has 10 aromatic carbocycles. The number of rotatable bonds is 8. The average Bonchev–Trinajstić information content (AvgIpc) is 4.17. The molecule has 0 radical (unpaired) electrons. The molecule has 74 heavy (non-hydrogen) atoms. The van der Waals surface area contributed by atoms with Gasteiger partial charge in [-0.1, -0.05) is 176 Å². The Labute approximate surface area is 427 Å².